The molecular formula is C18H19N5O2. The zero-order valence-corrected chi connectivity index (χ0v) is 13.9. The number of rotatable bonds is 6. The van der Waals surface area contributed by atoms with Crippen molar-refractivity contribution in [1.82, 2.24) is 19.7 Å². The highest BCUT2D eigenvalue weighted by atomic mass is 16.5. The summed E-state index contributed by atoms with van der Waals surface area (Å²) in [7, 11) is 1.92. The molecule has 0 atom stereocenters. The van der Waals surface area contributed by atoms with E-state index in [0.717, 1.165) is 17.3 Å². The Bertz CT molecular complexity index is 877. The smallest absolute Gasteiger partial charge is 0.276 e. The molecule has 0 bridgehead atoms. The van der Waals surface area contributed by atoms with Gasteiger partial charge in [-0.3, -0.25) is 9.89 Å². The van der Waals surface area contributed by atoms with Crippen LogP contribution in [0.4, 0.5) is 5.69 Å². The highest BCUT2D eigenvalue weighted by Gasteiger charge is 2.26. The number of aryl methyl sites for hydroxylation is 1. The second kappa shape index (κ2) is 6.43. The fourth-order valence-electron chi connectivity index (χ4n) is 2.57. The van der Waals surface area contributed by atoms with Gasteiger partial charge in [-0.05, 0) is 43.2 Å². The Kier molecular flexibility index (Phi) is 3.97. The van der Waals surface area contributed by atoms with Crippen LogP contribution in [0, 0.1) is 0 Å². The first kappa shape index (κ1) is 15.4. The first-order valence-electron chi connectivity index (χ1n) is 8.25. The molecule has 3 aromatic rings. The van der Waals surface area contributed by atoms with Gasteiger partial charge in [0.25, 0.3) is 5.91 Å². The number of H-pyrrole nitrogens is 1. The van der Waals surface area contributed by atoms with Gasteiger partial charge in [0.1, 0.15) is 18.2 Å². The van der Waals surface area contributed by atoms with E-state index in [4.69, 9.17) is 4.74 Å². The number of hydrogen-bond acceptors (Lipinski definition) is 4. The van der Waals surface area contributed by atoms with Crippen LogP contribution >= 0.6 is 0 Å². The molecule has 1 aliphatic carbocycles. The molecule has 7 heteroatoms. The van der Waals surface area contributed by atoms with Gasteiger partial charge >= 0.3 is 0 Å². The van der Waals surface area contributed by atoms with Gasteiger partial charge in [0.15, 0.2) is 5.69 Å². The number of anilines is 1. The number of hydrogen-bond donors (Lipinski definition) is 2. The molecule has 1 aromatic carbocycles. The van der Waals surface area contributed by atoms with Crippen LogP contribution in [0.1, 0.15) is 40.8 Å². The second-order valence-electron chi connectivity index (χ2n) is 6.20. The van der Waals surface area contributed by atoms with E-state index in [1.807, 2.05) is 36.0 Å². The minimum atomic E-state index is -0.218. The lowest BCUT2D eigenvalue weighted by molar-refractivity contribution is 0.102. The molecule has 7 nitrogen and oxygen atoms in total. The number of carbonyl (C=O) groups is 1. The molecule has 1 amide bonds. The van der Waals surface area contributed by atoms with E-state index in [9.17, 15) is 4.79 Å². The van der Waals surface area contributed by atoms with E-state index >= 15 is 0 Å². The minimum absolute atomic E-state index is 0.218. The van der Waals surface area contributed by atoms with E-state index in [-0.39, 0.29) is 5.91 Å². The molecule has 25 heavy (non-hydrogen) atoms. The van der Waals surface area contributed by atoms with E-state index in [0.29, 0.717) is 23.9 Å². The Hall–Kier alpha value is -3.09. The van der Waals surface area contributed by atoms with Crippen LogP contribution in [-0.2, 0) is 13.7 Å². The number of imidazole rings is 1. The summed E-state index contributed by atoms with van der Waals surface area (Å²) in [6, 6.07) is 9.08. The summed E-state index contributed by atoms with van der Waals surface area (Å²) in [6.45, 7) is 0.395. The first-order valence-corrected chi connectivity index (χ1v) is 8.25. The number of carbonyl (C=O) groups excluding carboxylic acids is 1. The van der Waals surface area contributed by atoms with Crippen molar-refractivity contribution >= 4 is 11.6 Å². The lowest BCUT2D eigenvalue weighted by atomic mass is 10.2. The number of aromatic nitrogens is 4. The number of nitrogens with one attached hydrogen (secondary N) is 2. The molecule has 1 aliphatic rings. The third kappa shape index (κ3) is 3.55. The third-order valence-electron chi connectivity index (χ3n) is 4.25. The third-order valence-corrected chi connectivity index (χ3v) is 4.25. The maximum atomic E-state index is 12.2. The Morgan fingerprint density at radius 1 is 1.36 bits per heavy atom. The summed E-state index contributed by atoms with van der Waals surface area (Å²) in [5, 5.41) is 9.87. The molecule has 0 unspecified atom stereocenters. The molecule has 0 radical (unpaired) electrons. The fourth-order valence-corrected chi connectivity index (χ4v) is 2.57. The summed E-state index contributed by atoms with van der Waals surface area (Å²) >= 11 is 0. The molecule has 2 aromatic heterocycles. The van der Waals surface area contributed by atoms with Crippen molar-refractivity contribution in [2.24, 2.45) is 7.05 Å². The van der Waals surface area contributed by atoms with Crippen molar-refractivity contribution in [1.29, 1.82) is 0 Å². The van der Waals surface area contributed by atoms with Crippen LogP contribution in [0.3, 0.4) is 0 Å². The molecule has 128 valence electrons. The quantitative estimate of drug-likeness (QED) is 0.724. The standard InChI is InChI=1S/C18H19N5O2/c1-23-9-8-19-17(23)11-25-14-6-4-13(5-7-14)20-18(24)16-10-15(21-22-16)12-2-3-12/h4-10,12H,2-3,11H2,1H3,(H,20,24)(H,21,22). The maximum Gasteiger partial charge on any atom is 0.276 e. The SMILES string of the molecule is Cn1ccnc1COc1ccc(NC(=O)c2cc(C3CC3)[nH]n2)cc1. The van der Waals surface area contributed by atoms with E-state index < -0.39 is 0 Å². The van der Waals surface area contributed by atoms with Gasteiger partial charge in [-0.1, -0.05) is 0 Å². The van der Waals surface area contributed by atoms with Gasteiger partial charge in [-0.25, -0.2) is 4.98 Å². The zero-order valence-electron chi connectivity index (χ0n) is 13.9. The maximum absolute atomic E-state index is 12.2. The fraction of sp³-hybridized carbons (Fsp3) is 0.278. The minimum Gasteiger partial charge on any atom is -0.486 e. The Balaban J connectivity index is 1.34. The number of benzene rings is 1. The monoisotopic (exact) mass is 337 g/mol. The largest absolute Gasteiger partial charge is 0.486 e. The van der Waals surface area contributed by atoms with Gasteiger partial charge < -0.3 is 14.6 Å². The van der Waals surface area contributed by atoms with E-state index in [1.54, 1.807) is 18.3 Å². The van der Waals surface area contributed by atoms with Crippen molar-refractivity contribution in [3.05, 3.63) is 59.9 Å². The Morgan fingerprint density at radius 3 is 2.84 bits per heavy atom. The van der Waals surface area contributed by atoms with Gasteiger partial charge in [-0.15, -0.1) is 0 Å². The molecule has 0 spiro atoms. The van der Waals surface area contributed by atoms with Crippen LogP contribution in [0.15, 0.2) is 42.7 Å². The summed E-state index contributed by atoms with van der Waals surface area (Å²) < 4.78 is 7.61. The summed E-state index contributed by atoms with van der Waals surface area (Å²) in [6.07, 6.45) is 5.95. The highest BCUT2D eigenvalue weighted by molar-refractivity contribution is 6.02. The first-order chi connectivity index (χ1) is 12.2. The predicted molar refractivity (Wildman–Crippen MR) is 92.5 cm³/mol. The van der Waals surface area contributed by atoms with Crippen molar-refractivity contribution < 1.29 is 9.53 Å². The number of aromatic amines is 1. The molecule has 4 rings (SSSR count). The molecule has 1 saturated carbocycles. The van der Waals surface area contributed by atoms with Gasteiger partial charge in [0, 0.05) is 36.7 Å². The molecule has 2 N–H and O–H groups in total. The van der Waals surface area contributed by atoms with Crippen molar-refractivity contribution in [3.63, 3.8) is 0 Å². The van der Waals surface area contributed by atoms with Gasteiger partial charge in [0.05, 0.1) is 0 Å². The summed E-state index contributed by atoms with van der Waals surface area (Å²) in [5.74, 6) is 1.90. The number of amides is 1. The second-order valence-corrected chi connectivity index (χ2v) is 6.20. The molecule has 2 heterocycles. The number of ether oxygens (including phenoxy) is 1. The van der Waals surface area contributed by atoms with Gasteiger partial charge in [-0.2, -0.15) is 5.10 Å². The highest BCUT2D eigenvalue weighted by Crippen LogP contribution is 2.39. The molecular weight excluding hydrogens is 318 g/mol. The summed E-state index contributed by atoms with van der Waals surface area (Å²) in [4.78, 5) is 16.4. The lowest BCUT2D eigenvalue weighted by Gasteiger charge is -2.08. The lowest BCUT2D eigenvalue weighted by Crippen LogP contribution is -2.12. The number of nitrogens with zero attached hydrogens (tertiary/aromatic N) is 3. The van der Waals surface area contributed by atoms with Crippen LogP contribution < -0.4 is 10.1 Å². The van der Waals surface area contributed by atoms with Crippen LogP contribution in [0.2, 0.25) is 0 Å². The average Bonchev–Trinajstić information content (AvgIpc) is 3.20. The normalized spacial score (nSPS) is 13.6. The zero-order chi connectivity index (χ0) is 17.2. The van der Waals surface area contributed by atoms with Crippen molar-refractivity contribution in [2.75, 3.05) is 5.32 Å². The predicted octanol–water partition coefficient (Wildman–Crippen LogP) is 2.85. The van der Waals surface area contributed by atoms with Crippen LogP contribution in [0.5, 0.6) is 5.75 Å². The van der Waals surface area contributed by atoms with Crippen molar-refractivity contribution in [2.45, 2.75) is 25.4 Å². The molecule has 0 saturated heterocycles. The summed E-state index contributed by atoms with van der Waals surface area (Å²) in [5.41, 5.74) is 2.16. The molecule has 1 fully saturated rings. The topological polar surface area (TPSA) is 84.8 Å². The van der Waals surface area contributed by atoms with Crippen molar-refractivity contribution in [3.8, 4) is 5.75 Å². The van der Waals surface area contributed by atoms with Crippen LogP contribution in [-0.4, -0.2) is 25.7 Å². The Labute approximate surface area is 145 Å². The van der Waals surface area contributed by atoms with Gasteiger partial charge in [0.2, 0.25) is 0 Å². The van der Waals surface area contributed by atoms with Crippen LogP contribution in [0.25, 0.3) is 0 Å². The average molecular weight is 337 g/mol. The molecule has 0 aliphatic heterocycles. The van der Waals surface area contributed by atoms with E-state index in [2.05, 4.69) is 20.5 Å². The van der Waals surface area contributed by atoms with E-state index in [1.165, 1.54) is 12.8 Å². The Morgan fingerprint density at radius 2 is 2.16 bits per heavy atom.